The second-order valence-electron chi connectivity index (χ2n) is 5.61. The molecule has 0 bridgehead atoms. The standard InChI is InChI=1S/C15H22ClN3O2/c1-9(2)18-15(20)14-8-21-5-4-19(14)13-7-11(16)12(17)6-10(13)3/h6-7,9,14H,4-5,8,17H2,1-3H3,(H,18,20). The molecule has 1 atom stereocenters. The first-order chi connectivity index (χ1) is 9.90. The normalized spacial score (nSPS) is 18.9. The van der Waals surface area contributed by atoms with Crippen LogP contribution in [0.2, 0.25) is 5.02 Å². The Kier molecular flexibility index (Phi) is 4.96. The van der Waals surface area contributed by atoms with E-state index in [2.05, 4.69) is 5.32 Å². The molecule has 1 aliphatic rings. The van der Waals surface area contributed by atoms with Crippen molar-refractivity contribution in [2.75, 3.05) is 30.4 Å². The van der Waals surface area contributed by atoms with Crippen molar-refractivity contribution in [3.8, 4) is 0 Å². The second kappa shape index (κ2) is 6.54. The van der Waals surface area contributed by atoms with Crippen molar-refractivity contribution >= 4 is 28.9 Å². The molecule has 0 saturated carbocycles. The molecule has 0 radical (unpaired) electrons. The van der Waals surface area contributed by atoms with Crippen LogP contribution in [0.1, 0.15) is 19.4 Å². The molecule has 6 heteroatoms. The highest BCUT2D eigenvalue weighted by Gasteiger charge is 2.31. The number of nitrogens with zero attached hydrogens (tertiary/aromatic N) is 1. The molecule has 0 aliphatic carbocycles. The number of aryl methyl sites for hydroxylation is 1. The molecule has 1 aromatic carbocycles. The molecule has 21 heavy (non-hydrogen) atoms. The summed E-state index contributed by atoms with van der Waals surface area (Å²) in [5.41, 5.74) is 8.31. The van der Waals surface area contributed by atoms with Gasteiger partial charge in [0.2, 0.25) is 5.91 Å². The van der Waals surface area contributed by atoms with Crippen molar-refractivity contribution in [2.24, 2.45) is 0 Å². The van der Waals surface area contributed by atoms with Crippen LogP contribution in [0.4, 0.5) is 11.4 Å². The van der Waals surface area contributed by atoms with Crippen LogP contribution < -0.4 is 16.0 Å². The van der Waals surface area contributed by atoms with Gasteiger partial charge in [-0.15, -0.1) is 0 Å². The van der Waals surface area contributed by atoms with Gasteiger partial charge in [-0.2, -0.15) is 0 Å². The molecule has 116 valence electrons. The molecule has 1 unspecified atom stereocenters. The van der Waals surface area contributed by atoms with Crippen molar-refractivity contribution in [2.45, 2.75) is 32.9 Å². The zero-order chi connectivity index (χ0) is 15.6. The average Bonchev–Trinajstić information content (AvgIpc) is 2.42. The van der Waals surface area contributed by atoms with Gasteiger partial charge in [-0.05, 0) is 38.5 Å². The van der Waals surface area contributed by atoms with Crippen molar-refractivity contribution in [1.82, 2.24) is 5.32 Å². The molecule has 1 fully saturated rings. The van der Waals surface area contributed by atoms with Gasteiger partial charge in [-0.25, -0.2) is 0 Å². The summed E-state index contributed by atoms with van der Waals surface area (Å²) in [6, 6.07) is 3.41. The first kappa shape index (κ1) is 15.9. The van der Waals surface area contributed by atoms with Crippen LogP contribution in [0, 0.1) is 6.92 Å². The number of hydrogen-bond acceptors (Lipinski definition) is 4. The number of hydrogen-bond donors (Lipinski definition) is 2. The van der Waals surface area contributed by atoms with Crippen LogP contribution in [-0.4, -0.2) is 37.7 Å². The van der Waals surface area contributed by atoms with Crippen molar-refractivity contribution in [3.63, 3.8) is 0 Å². The summed E-state index contributed by atoms with van der Waals surface area (Å²) in [6.07, 6.45) is 0. The monoisotopic (exact) mass is 311 g/mol. The van der Waals surface area contributed by atoms with E-state index in [-0.39, 0.29) is 18.0 Å². The number of morpholine rings is 1. The lowest BCUT2D eigenvalue weighted by Crippen LogP contribution is -2.55. The lowest BCUT2D eigenvalue weighted by molar-refractivity contribution is -0.125. The van der Waals surface area contributed by atoms with Gasteiger partial charge in [0.15, 0.2) is 0 Å². The van der Waals surface area contributed by atoms with E-state index in [1.807, 2.05) is 37.8 Å². The number of nitrogens with two attached hydrogens (primary N) is 1. The molecule has 1 amide bonds. The molecular weight excluding hydrogens is 290 g/mol. The Labute approximate surface area is 130 Å². The van der Waals surface area contributed by atoms with Crippen LogP contribution in [0.3, 0.4) is 0 Å². The Bertz CT molecular complexity index is 534. The number of nitrogens with one attached hydrogen (secondary N) is 1. The van der Waals surface area contributed by atoms with Gasteiger partial charge in [0, 0.05) is 18.3 Å². The number of anilines is 2. The fourth-order valence-electron chi connectivity index (χ4n) is 2.49. The fourth-order valence-corrected chi connectivity index (χ4v) is 2.65. The number of benzene rings is 1. The number of amides is 1. The minimum Gasteiger partial charge on any atom is -0.398 e. The van der Waals surface area contributed by atoms with E-state index in [0.717, 1.165) is 11.3 Å². The van der Waals surface area contributed by atoms with Crippen molar-refractivity contribution < 1.29 is 9.53 Å². The summed E-state index contributed by atoms with van der Waals surface area (Å²) in [5, 5.41) is 3.44. The summed E-state index contributed by atoms with van der Waals surface area (Å²) in [7, 11) is 0. The van der Waals surface area contributed by atoms with E-state index < -0.39 is 0 Å². The van der Waals surface area contributed by atoms with Gasteiger partial charge in [0.25, 0.3) is 0 Å². The lowest BCUT2D eigenvalue weighted by atomic mass is 10.1. The minimum absolute atomic E-state index is 0.0305. The second-order valence-corrected chi connectivity index (χ2v) is 6.01. The smallest absolute Gasteiger partial charge is 0.245 e. The number of carbonyl (C=O) groups is 1. The van der Waals surface area contributed by atoms with E-state index in [9.17, 15) is 4.79 Å². The summed E-state index contributed by atoms with van der Waals surface area (Å²) in [4.78, 5) is 14.4. The maximum absolute atomic E-state index is 12.4. The zero-order valence-electron chi connectivity index (χ0n) is 12.6. The van der Waals surface area contributed by atoms with Crippen molar-refractivity contribution in [1.29, 1.82) is 0 Å². The first-order valence-electron chi connectivity index (χ1n) is 7.10. The average molecular weight is 312 g/mol. The van der Waals surface area contributed by atoms with Gasteiger partial charge < -0.3 is 20.7 Å². The third-order valence-corrected chi connectivity index (χ3v) is 3.81. The number of carbonyl (C=O) groups excluding carboxylic acids is 1. The Balaban J connectivity index is 2.30. The summed E-state index contributed by atoms with van der Waals surface area (Å²) < 4.78 is 5.47. The van der Waals surface area contributed by atoms with Crippen LogP contribution in [0.15, 0.2) is 12.1 Å². The van der Waals surface area contributed by atoms with Crippen LogP contribution >= 0.6 is 11.6 Å². The molecule has 1 aliphatic heterocycles. The maximum Gasteiger partial charge on any atom is 0.245 e. The molecule has 1 saturated heterocycles. The van der Waals surface area contributed by atoms with Gasteiger partial charge in [-0.3, -0.25) is 4.79 Å². The summed E-state index contributed by atoms with van der Waals surface area (Å²) in [6.45, 7) is 7.47. The molecule has 3 N–H and O–H groups in total. The molecule has 5 nitrogen and oxygen atoms in total. The van der Waals surface area contributed by atoms with E-state index >= 15 is 0 Å². The van der Waals surface area contributed by atoms with Gasteiger partial charge >= 0.3 is 0 Å². The molecule has 0 spiro atoms. The third kappa shape index (κ3) is 3.60. The minimum atomic E-state index is -0.348. The first-order valence-corrected chi connectivity index (χ1v) is 7.48. The summed E-state index contributed by atoms with van der Waals surface area (Å²) in [5.74, 6) is -0.0305. The predicted octanol–water partition coefficient (Wildman–Crippen LogP) is 1.96. The van der Waals surface area contributed by atoms with E-state index in [1.165, 1.54) is 0 Å². The molecule has 2 rings (SSSR count). The maximum atomic E-state index is 12.4. The number of nitrogen functional groups attached to an aromatic ring is 1. The lowest BCUT2D eigenvalue weighted by Gasteiger charge is -2.37. The van der Waals surface area contributed by atoms with Crippen LogP contribution in [0.25, 0.3) is 0 Å². The van der Waals surface area contributed by atoms with E-state index in [4.69, 9.17) is 22.1 Å². The highest BCUT2D eigenvalue weighted by atomic mass is 35.5. The summed E-state index contributed by atoms with van der Waals surface area (Å²) >= 11 is 6.13. The number of rotatable bonds is 3. The number of halogens is 1. The van der Waals surface area contributed by atoms with Crippen molar-refractivity contribution in [3.05, 3.63) is 22.7 Å². The van der Waals surface area contributed by atoms with Gasteiger partial charge in [0.05, 0.1) is 23.9 Å². The molecule has 0 aromatic heterocycles. The zero-order valence-corrected chi connectivity index (χ0v) is 13.4. The quantitative estimate of drug-likeness (QED) is 0.837. The Morgan fingerprint density at radius 3 is 2.90 bits per heavy atom. The predicted molar refractivity (Wildman–Crippen MR) is 85.8 cm³/mol. The third-order valence-electron chi connectivity index (χ3n) is 3.49. The highest BCUT2D eigenvalue weighted by Crippen LogP contribution is 2.31. The number of ether oxygens (including phenoxy) is 1. The van der Waals surface area contributed by atoms with Crippen LogP contribution in [0.5, 0.6) is 0 Å². The molecule has 1 heterocycles. The Morgan fingerprint density at radius 1 is 1.52 bits per heavy atom. The van der Waals surface area contributed by atoms with Gasteiger partial charge in [0.1, 0.15) is 6.04 Å². The van der Waals surface area contributed by atoms with Gasteiger partial charge in [-0.1, -0.05) is 11.6 Å². The Morgan fingerprint density at radius 2 is 2.24 bits per heavy atom. The molecular formula is C15H22ClN3O2. The van der Waals surface area contributed by atoms with E-state index in [1.54, 1.807) is 0 Å². The Hall–Kier alpha value is -1.46. The molecule has 1 aromatic rings. The van der Waals surface area contributed by atoms with E-state index in [0.29, 0.717) is 30.5 Å². The fraction of sp³-hybridized carbons (Fsp3) is 0.533. The highest BCUT2D eigenvalue weighted by molar-refractivity contribution is 6.33. The van der Waals surface area contributed by atoms with Crippen LogP contribution in [-0.2, 0) is 9.53 Å². The largest absolute Gasteiger partial charge is 0.398 e. The topological polar surface area (TPSA) is 67.6 Å². The SMILES string of the molecule is Cc1cc(N)c(Cl)cc1N1CCOCC1C(=O)NC(C)C.